The van der Waals surface area contributed by atoms with Crippen molar-refractivity contribution in [1.29, 1.82) is 5.26 Å². The van der Waals surface area contributed by atoms with E-state index in [9.17, 15) is 4.79 Å². The van der Waals surface area contributed by atoms with Crippen molar-refractivity contribution in [2.24, 2.45) is 0 Å². The van der Waals surface area contributed by atoms with Crippen molar-refractivity contribution >= 4 is 11.6 Å². The van der Waals surface area contributed by atoms with Crippen LogP contribution in [0.1, 0.15) is 52.7 Å². The number of aryl methyl sites for hydroxylation is 1. The van der Waals surface area contributed by atoms with Crippen LogP contribution < -0.4 is 10.4 Å². The highest BCUT2D eigenvalue weighted by molar-refractivity contribution is 6.06. The number of fused-ring (bicyclic) bond motifs is 1. The van der Waals surface area contributed by atoms with E-state index in [1.54, 1.807) is 23.2 Å². The number of para-hydroxylation sites is 1. The van der Waals surface area contributed by atoms with Crippen molar-refractivity contribution in [2.75, 3.05) is 11.6 Å². The Morgan fingerprint density at radius 1 is 1.33 bits per heavy atom. The van der Waals surface area contributed by atoms with Crippen molar-refractivity contribution in [3.8, 4) is 6.07 Å². The minimum absolute atomic E-state index is 0.0909. The zero-order valence-electron chi connectivity index (χ0n) is 14.0. The molecule has 1 unspecified atom stereocenters. The molecular formula is C20H21N3O. The van der Waals surface area contributed by atoms with Crippen molar-refractivity contribution in [3.05, 3.63) is 64.7 Å². The SMILES string of the molecule is CCC1CCNN(C(=O)c2ccc(C#N)c(C)c2)c2ccccc21. The number of carbonyl (C=O) groups excluding carboxylic acids is 1. The van der Waals surface area contributed by atoms with Gasteiger partial charge in [-0.05, 0) is 61.1 Å². The molecule has 122 valence electrons. The van der Waals surface area contributed by atoms with Gasteiger partial charge in [0.1, 0.15) is 0 Å². The molecule has 4 heteroatoms. The van der Waals surface area contributed by atoms with Gasteiger partial charge in [-0.1, -0.05) is 25.1 Å². The fourth-order valence-corrected chi connectivity index (χ4v) is 3.28. The van der Waals surface area contributed by atoms with Crippen LogP contribution in [0, 0.1) is 18.3 Å². The van der Waals surface area contributed by atoms with E-state index >= 15 is 0 Å². The number of nitriles is 1. The maximum absolute atomic E-state index is 13.0. The van der Waals surface area contributed by atoms with Crippen molar-refractivity contribution in [2.45, 2.75) is 32.6 Å². The highest BCUT2D eigenvalue weighted by atomic mass is 16.2. The predicted octanol–water partition coefficient (Wildman–Crippen LogP) is 3.92. The van der Waals surface area contributed by atoms with E-state index in [-0.39, 0.29) is 5.91 Å². The molecule has 1 atom stereocenters. The van der Waals surface area contributed by atoms with E-state index in [1.807, 2.05) is 25.1 Å². The molecule has 1 aliphatic heterocycles. The highest BCUT2D eigenvalue weighted by Crippen LogP contribution is 2.34. The molecule has 4 nitrogen and oxygen atoms in total. The monoisotopic (exact) mass is 319 g/mol. The first-order chi connectivity index (χ1) is 11.7. The van der Waals surface area contributed by atoms with Crippen molar-refractivity contribution < 1.29 is 4.79 Å². The molecule has 0 fully saturated rings. The lowest BCUT2D eigenvalue weighted by Crippen LogP contribution is -2.43. The molecule has 0 radical (unpaired) electrons. The summed E-state index contributed by atoms with van der Waals surface area (Å²) < 4.78 is 0. The molecule has 0 spiro atoms. The van der Waals surface area contributed by atoms with Gasteiger partial charge in [-0.15, -0.1) is 0 Å². The van der Waals surface area contributed by atoms with E-state index in [0.29, 0.717) is 17.0 Å². The van der Waals surface area contributed by atoms with Crippen LogP contribution in [0.15, 0.2) is 42.5 Å². The number of hydrogen-bond acceptors (Lipinski definition) is 3. The van der Waals surface area contributed by atoms with Crippen LogP contribution in [-0.4, -0.2) is 12.5 Å². The van der Waals surface area contributed by atoms with Gasteiger partial charge in [0, 0.05) is 12.1 Å². The standard InChI is InChI=1S/C20H21N3O/c1-3-15-10-11-22-23(19-7-5-4-6-18(15)19)20(24)16-8-9-17(13-21)14(2)12-16/h4-9,12,15,22H,3,10-11H2,1-2H3. The third-order valence-electron chi connectivity index (χ3n) is 4.67. The van der Waals surface area contributed by atoms with Crippen LogP contribution in [0.4, 0.5) is 5.69 Å². The molecule has 2 aromatic carbocycles. The molecular weight excluding hydrogens is 298 g/mol. The highest BCUT2D eigenvalue weighted by Gasteiger charge is 2.26. The summed E-state index contributed by atoms with van der Waals surface area (Å²) >= 11 is 0. The Morgan fingerprint density at radius 3 is 2.83 bits per heavy atom. The van der Waals surface area contributed by atoms with Crippen LogP contribution in [-0.2, 0) is 0 Å². The van der Waals surface area contributed by atoms with E-state index in [1.165, 1.54) is 5.56 Å². The summed E-state index contributed by atoms with van der Waals surface area (Å²) in [5.74, 6) is 0.362. The lowest BCUT2D eigenvalue weighted by Gasteiger charge is -2.24. The maximum Gasteiger partial charge on any atom is 0.272 e. The molecule has 0 saturated heterocycles. The first kappa shape index (κ1) is 16.2. The molecule has 1 heterocycles. The number of hydrogen-bond donors (Lipinski definition) is 1. The quantitative estimate of drug-likeness (QED) is 0.913. The minimum Gasteiger partial charge on any atom is -0.267 e. The summed E-state index contributed by atoms with van der Waals surface area (Å²) in [7, 11) is 0. The van der Waals surface area contributed by atoms with Crippen LogP contribution >= 0.6 is 0 Å². The van der Waals surface area contributed by atoms with Gasteiger partial charge in [-0.25, -0.2) is 10.4 Å². The average Bonchev–Trinajstić information content (AvgIpc) is 2.80. The topological polar surface area (TPSA) is 56.1 Å². The molecule has 0 saturated carbocycles. The number of anilines is 1. The first-order valence-corrected chi connectivity index (χ1v) is 8.33. The molecule has 3 rings (SSSR count). The summed E-state index contributed by atoms with van der Waals surface area (Å²) in [5.41, 5.74) is 7.41. The second kappa shape index (κ2) is 6.86. The fourth-order valence-electron chi connectivity index (χ4n) is 3.28. The van der Waals surface area contributed by atoms with Crippen LogP contribution in [0.3, 0.4) is 0 Å². The normalized spacial score (nSPS) is 16.9. The smallest absolute Gasteiger partial charge is 0.267 e. The number of rotatable bonds is 2. The van der Waals surface area contributed by atoms with E-state index < -0.39 is 0 Å². The molecule has 1 amide bonds. The lowest BCUT2D eigenvalue weighted by molar-refractivity contribution is 0.0974. The zero-order chi connectivity index (χ0) is 17.1. The van der Waals surface area contributed by atoms with Gasteiger partial charge in [0.2, 0.25) is 0 Å². The van der Waals surface area contributed by atoms with Crippen LogP contribution in [0.2, 0.25) is 0 Å². The molecule has 0 aromatic heterocycles. The Bertz CT molecular complexity index is 807. The summed E-state index contributed by atoms with van der Waals surface area (Å²) in [6.07, 6.45) is 2.06. The Labute approximate surface area is 142 Å². The fraction of sp³-hybridized carbons (Fsp3) is 0.300. The molecule has 0 bridgehead atoms. The number of carbonyl (C=O) groups is 1. The molecule has 2 aromatic rings. The summed E-state index contributed by atoms with van der Waals surface area (Å²) in [5, 5.41) is 10.7. The number of benzene rings is 2. The Morgan fingerprint density at radius 2 is 2.12 bits per heavy atom. The van der Waals surface area contributed by atoms with Crippen molar-refractivity contribution in [1.82, 2.24) is 5.43 Å². The number of amides is 1. The van der Waals surface area contributed by atoms with Gasteiger partial charge in [-0.3, -0.25) is 4.79 Å². The number of nitrogens with one attached hydrogen (secondary N) is 1. The van der Waals surface area contributed by atoms with Crippen molar-refractivity contribution in [3.63, 3.8) is 0 Å². The van der Waals surface area contributed by atoms with Gasteiger partial charge in [-0.2, -0.15) is 5.26 Å². The maximum atomic E-state index is 13.0. The average molecular weight is 319 g/mol. The molecule has 24 heavy (non-hydrogen) atoms. The van der Waals surface area contributed by atoms with E-state index in [4.69, 9.17) is 5.26 Å². The lowest BCUT2D eigenvalue weighted by atomic mass is 9.92. The summed E-state index contributed by atoms with van der Waals surface area (Å²) in [6.45, 7) is 4.79. The summed E-state index contributed by atoms with van der Waals surface area (Å²) in [6, 6.07) is 15.4. The van der Waals surface area contributed by atoms with Gasteiger partial charge < -0.3 is 0 Å². The van der Waals surface area contributed by atoms with Gasteiger partial charge in [0.15, 0.2) is 0 Å². The number of nitrogens with zero attached hydrogens (tertiary/aromatic N) is 2. The summed E-state index contributed by atoms with van der Waals surface area (Å²) in [4.78, 5) is 13.0. The van der Waals surface area contributed by atoms with Gasteiger partial charge >= 0.3 is 0 Å². The first-order valence-electron chi connectivity index (χ1n) is 8.33. The van der Waals surface area contributed by atoms with Gasteiger partial charge in [0.25, 0.3) is 5.91 Å². The Hall–Kier alpha value is -2.64. The zero-order valence-corrected chi connectivity index (χ0v) is 14.0. The second-order valence-corrected chi connectivity index (χ2v) is 6.14. The molecule has 1 aliphatic rings. The molecule has 0 aliphatic carbocycles. The predicted molar refractivity (Wildman–Crippen MR) is 94.8 cm³/mol. The molecule has 1 N–H and O–H groups in total. The number of hydrazine groups is 1. The largest absolute Gasteiger partial charge is 0.272 e. The third-order valence-corrected chi connectivity index (χ3v) is 4.67. The second-order valence-electron chi connectivity index (χ2n) is 6.14. The van der Waals surface area contributed by atoms with E-state index in [0.717, 1.165) is 30.6 Å². The van der Waals surface area contributed by atoms with Crippen LogP contribution in [0.25, 0.3) is 0 Å². The van der Waals surface area contributed by atoms with Crippen LogP contribution in [0.5, 0.6) is 0 Å². The minimum atomic E-state index is -0.0909. The Balaban J connectivity index is 2.00. The van der Waals surface area contributed by atoms with Gasteiger partial charge in [0.05, 0.1) is 17.3 Å². The Kier molecular flexibility index (Phi) is 4.64. The van der Waals surface area contributed by atoms with E-state index in [2.05, 4.69) is 24.5 Å². The third kappa shape index (κ3) is 2.91.